The third kappa shape index (κ3) is 3.89. The summed E-state index contributed by atoms with van der Waals surface area (Å²) in [6.45, 7) is 3.74. The molecule has 0 saturated carbocycles. The van der Waals surface area contributed by atoms with Crippen LogP contribution in [0.25, 0.3) is 16.5 Å². The second-order valence-electron chi connectivity index (χ2n) is 7.52. The van der Waals surface area contributed by atoms with Crippen molar-refractivity contribution in [2.75, 3.05) is 13.1 Å². The molecule has 0 saturated heterocycles. The molecule has 3 heteroatoms. The van der Waals surface area contributed by atoms with Crippen molar-refractivity contribution in [1.29, 1.82) is 0 Å². The zero-order valence-corrected chi connectivity index (χ0v) is 16.6. The molecule has 0 spiro atoms. The number of aromatic nitrogens is 1. The maximum Gasteiger partial charge on any atom is 0.222 e. The maximum absolute atomic E-state index is 12.7. The number of carbonyl (C=O) groups is 1. The van der Waals surface area contributed by atoms with Crippen LogP contribution in [0.1, 0.15) is 43.0 Å². The summed E-state index contributed by atoms with van der Waals surface area (Å²) in [5.74, 6) is 0.279. The third-order valence-electron chi connectivity index (χ3n) is 5.78. The lowest BCUT2D eigenvalue weighted by molar-refractivity contribution is -0.130. The standard InChI is InChI=1S/C25H28N2O/c1-2-23-21(22-11-6-7-13-24(22)26-23)12-8-14-25(28)27-17-15-20(16-18-27)19-9-4-3-5-10-19/h3-7,9-11,13,15,26H,2,8,12,14,16-18H2,1H3. The highest BCUT2D eigenvalue weighted by molar-refractivity contribution is 5.85. The number of amides is 1. The van der Waals surface area contributed by atoms with E-state index in [1.807, 2.05) is 11.0 Å². The van der Waals surface area contributed by atoms with Gasteiger partial charge in [-0.1, -0.05) is 61.5 Å². The lowest BCUT2D eigenvalue weighted by atomic mass is 9.99. The van der Waals surface area contributed by atoms with E-state index in [0.29, 0.717) is 6.42 Å². The summed E-state index contributed by atoms with van der Waals surface area (Å²) < 4.78 is 0. The quantitative estimate of drug-likeness (QED) is 0.620. The van der Waals surface area contributed by atoms with Crippen molar-refractivity contribution < 1.29 is 4.79 Å². The Morgan fingerprint density at radius 2 is 1.86 bits per heavy atom. The molecule has 144 valence electrons. The highest BCUT2D eigenvalue weighted by Crippen LogP contribution is 2.25. The van der Waals surface area contributed by atoms with Crippen LogP contribution in [-0.4, -0.2) is 28.9 Å². The van der Waals surface area contributed by atoms with Gasteiger partial charge in [-0.3, -0.25) is 4.79 Å². The predicted octanol–water partition coefficient (Wildman–Crippen LogP) is 5.37. The fourth-order valence-corrected chi connectivity index (χ4v) is 4.23. The van der Waals surface area contributed by atoms with E-state index in [1.165, 1.54) is 33.3 Å². The third-order valence-corrected chi connectivity index (χ3v) is 5.78. The van der Waals surface area contributed by atoms with Crippen LogP contribution in [0.4, 0.5) is 0 Å². The summed E-state index contributed by atoms with van der Waals surface area (Å²) in [6.07, 6.45) is 6.63. The Morgan fingerprint density at radius 1 is 1.07 bits per heavy atom. The first-order chi connectivity index (χ1) is 13.8. The van der Waals surface area contributed by atoms with Gasteiger partial charge in [-0.05, 0) is 48.4 Å². The number of benzene rings is 2. The van der Waals surface area contributed by atoms with Gasteiger partial charge in [0.1, 0.15) is 0 Å². The highest BCUT2D eigenvalue weighted by Gasteiger charge is 2.18. The molecule has 28 heavy (non-hydrogen) atoms. The molecule has 1 N–H and O–H groups in total. The number of nitrogens with one attached hydrogen (secondary N) is 1. The molecule has 2 heterocycles. The average molecular weight is 373 g/mol. The Balaban J connectivity index is 1.34. The molecule has 1 aromatic heterocycles. The molecule has 2 aromatic carbocycles. The van der Waals surface area contributed by atoms with Crippen LogP contribution in [0.3, 0.4) is 0 Å². The number of para-hydroxylation sites is 1. The van der Waals surface area contributed by atoms with Crippen LogP contribution in [0.2, 0.25) is 0 Å². The van der Waals surface area contributed by atoms with Gasteiger partial charge in [0, 0.05) is 36.1 Å². The van der Waals surface area contributed by atoms with E-state index in [2.05, 4.69) is 66.5 Å². The van der Waals surface area contributed by atoms with E-state index in [9.17, 15) is 4.79 Å². The summed E-state index contributed by atoms with van der Waals surface area (Å²) in [5, 5.41) is 1.31. The zero-order chi connectivity index (χ0) is 19.3. The Hall–Kier alpha value is -2.81. The molecule has 0 atom stereocenters. The minimum atomic E-state index is 0.279. The lowest BCUT2D eigenvalue weighted by Gasteiger charge is -2.27. The molecule has 1 amide bonds. The first kappa shape index (κ1) is 18.5. The Morgan fingerprint density at radius 3 is 2.61 bits per heavy atom. The number of nitrogens with zero attached hydrogens (tertiary/aromatic N) is 1. The Bertz CT molecular complexity index is 984. The van der Waals surface area contributed by atoms with Crippen molar-refractivity contribution in [3.8, 4) is 0 Å². The normalized spacial score (nSPS) is 14.3. The fourth-order valence-electron chi connectivity index (χ4n) is 4.23. The number of H-pyrrole nitrogens is 1. The molecule has 1 aliphatic rings. The minimum absolute atomic E-state index is 0.279. The molecule has 3 aromatic rings. The molecule has 4 rings (SSSR count). The van der Waals surface area contributed by atoms with Gasteiger partial charge < -0.3 is 9.88 Å². The van der Waals surface area contributed by atoms with E-state index >= 15 is 0 Å². The predicted molar refractivity (Wildman–Crippen MR) is 116 cm³/mol. The fraction of sp³-hybridized carbons (Fsp3) is 0.320. The van der Waals surface area contributed by atoms with Crippen LogP contribution < -0.4 is 0 Å². The van der Waals surface area contributed by atoms with Crippen molar-refractivity contribution in [1.82, 2.24) is 9.88 Å². The first-order valence-electron chi connectivity index (χ1n) is 10.4. The number of aromatic amines is 1. The summed E-state index contributed by atoms with van der Waals surface area (Å²) in [7, 11) is 0. The topological polar surface area (TPSA) is 36.1 Å². The largest absolute Gasteiger partial charge is 0.358 e. The SMILES string of the molecule is CCc1[nH]c2ccccc2c1CCCC(=O)N1CC=C(c2ccccc2)CC1. The van der Waals surface area contributed by atoms with Crippen LogP contribution in [0.5, 0.6) is 0 Å². The van der Waals surface area contributed by atoms with Crippen LogP contribution in [0, 0.1) is 0 Å². The van der Waals surface area contributed by atoms with Crippen LogP contribution >= 0.6 is 0 Å². The van der Waals surface area contributed by atoms with Gasteiger partial charge in [-0.2, -0.15) is 0 Å². The number of hydrogen-bond donors (Lipinski definition) is 1. The number of carbonyl (C=O) groups excluding carboxylic acids is 1. The van der Waals surface area contributed by atoms with Crippen molar-refractivity contribution >= 4 is 22.4 Å². The molecule has 3 nitrogen and oxygen atoms in total. The highest BCUT2D eigenvalue weighted by atomic mass is 16.2. The van der Waals surface area contributed by atoms with Gasteiger partial charge in [0.15, 0.2) is 0 Å². The number of aryl methyl sites for hydroxylation is 2. The molecule has 0 aliphatic carbocycles. The monoisotopic (exact) mass is 372 g/mol. The van der Waals surface area contributed by atoms with Gasteiger partial charge in [0.2, 0.25) is 5.91 Å². The first-order valence-corrected chi connectivity index (χ1v) is 10.4. The summed E-state index contributed by atoms with van der Waals surface area (Å²) in [5.41, 5.74) is 6.53. The van der Waals surface area contributed by atoms with Crippen molar-refractivity contribution in [3.05, 3.63) is 77.5 Å². The van der Waals surface area contributed by atoms with Gasteiger partial charge in [-0.15, -0.1) is 0 Å². The number of fused-ring (bicyclic) bond motifs is 1. The van der Waals surface area contributed by atoms with Gasteiger partial charge in [0.25, 0.3) is 0 Å². The lowest BCUT2D eigenvalue weighted by Crippen LogP contribution is -2.34. The Kier molecular flexibility index (Phi) is 5.61. The molecule has 0 unspecified atom stereocenters. The van der Waals surface area contributed by atoms with Crippen LogP contribution in [0.15, 0.2) is 60.7 Å². The minimum Gasteiger partial charge on any atom is -0.358 e. The molecular weight excluding hydrogens is 344 g/mol. The number of hydrogen-bond acceptors (Lipinski definition) is 1. The summed E-state index contributed by atoms with van der Waals surface area (Å²) in [4.78, 5) is 18.2. The van der Waals surface area contributed by atoms with Crippen molar-refractivity contribution in [2.24, 2.45) is 0 Å². The van der Waals surface area contributed by atoms with Gasteiger partial charge in [0.05, 0.1) is 0 Å². The molecular formula is C25H28N2O. The second-order valence-corrected chi connectivity index (χ2v) is 7.52. The zero-order valence-electron chi connectivity index (χ0n) is 16.6. The Labute approximate surface area is 167 Å². The second kappa shape index (κ2) is 8.47. The van der Waals surface area contributed by atoms with E-state index in [4.69, 9.17) is 0 Å². The molecule has 0 fully saturated rings. The van der Waals surface area contributed by atoms with E-state index < -0.39 is 0 Å². The van der Waals surface area contributed by atoms with E-state index in [0.717, 1.165) is 38.8 Å². The van der Waals surface area contributed by atoms with Crippen molar-refractivity contribution in [3.63, 3.8) is 0 Å². The summed E-state index contributed by atoms with van der Waals surface area (Å²) >= 11 is 0. The average Bonchev–Trinajstić information content (AvgIpc) is 3.12. The van der Waals surface area contributed by atoms with E-state index in [1.54, 1.807) is 0 Å². The van der Waals surface area contributed by atoms with E-state index in [-0.39, 0.29) is 5.91 Å². The van der Waals surface area contributed by atoms with Crippen molar-refractivity contribution in [2.45, 2.75) is 39.0 Å². The van der Waals surface area contributed by atoms with Gasteiger partial charge in [-0.25, -0.2) is 0 Å². The van der Waals surface area contributed by atoms with Gasteiger partial charge >= 0.3 is 0 Å². The molecule has 0 radical (unpaired) electrons. The molecule has 0 bridgehead atoms. The summed E-state index contributed by atoms with van der Waals surface area (Å²) in [6, 6.07) is 19.0. The molecule has 1 aliphatic heterocycles. The smallest absolute Gasteiger partial charge is 0.222 e. The van der Waals surface area contributed by atoms with Crippen LogP contribution in [-0.2, 0) is 17.6 Å². The number of rotatable bonds is 6. The maximum atomic E-state index is 12.7.